The maximum atomic E-state index is 13.2. The number of aliphatic hydroxyl groups excluding tert-OH is 1. The van der Waals surface area contributed by atoms with Gasteiger partial charge in [-0.1, -0.05) is 15.9 Å². The van der Waals surface area contributed by atoms with Crippen LogP contribution in [0.3, 0.4) is 0 Å². The van der Waals surface area contributed by atoms with Crippen molar-refractivity contribution in [1.29, 1.82) is 0 Å². The first kappa shape index (κ1) is 12.0. The lowest BCUT2D eigenvalue weighted by atomic mass is 9.91. The largest absolute Gasteiger partial charge is 0.393 e. The van der Waals surface area contributed by atoms with Crippen molar-refractivity contribution in [2.45, 2.75) is 18.9 Å². The first-order valence-electron chi connectivity index (χ1n) is 5.36. The van der Waals surface area contributed by atoms with Gasteiger partial charge in [-0.15, -0.1) is 0 Å². The molecule has 1 fully saturated rings. The summed E-state index contributed by atoms with van der Waals surface area (Å²) in [5, 5.41) is 9.78. The van der Waals surface area contributed by atoms with Crippen LogP contribution in [0.1, 0.15) is 12.0 Å². The number of aliphatic hydroxyl groups is 1. The topological polar surface area (TPSA) is 29.5 Å². The van der Waals surface area contributed by atoms with E-state index in [1.165, 1.54) is 12.1 Å². The zero-order valence-electron chi connectivity index (χ0n) is 8.83. The van der Waals surface area contributed by atoms with Gasteiger partial charge in [0.25, 0.3) is 0 Å². The summed E-state index contributed by atoms with van der Waals surface area (Å²) in [7, 11) is 0. The van der Waals surface area contributed by atoms with Crippen molar-refractivity contribution in [2.24, 2.45) is 5.92 Å². The first-order chi connectivity index (χ1) is 7.65. The molecule has 0 aromatic heterocycles. The van der Waals surface area contributed by atoms with E-state index in [9.17, 15) is 9.50 Å². The molecular formula is C12H14BrFO2. The van der Waals surface area contributed by atoms with E-state index in [0.717, 1.165) is 10.0 Å². The summed E-state index contributed by atoms with van der Waals surface area (Å²) < 4.78 is 19.2. The number of ether oxygens (including phenoxy) is 1. The third-order valence-electron chi connectivity index (χ3n) is 2.85. The summed E-state index contributed by atoms with van der Waals surface area (Å²) in [6.45, 7) is 1.17. The average Bonchev–Trinajstić information content (AvgIpc) is 2.20. The maximum Gasteiger partial charge on any atom is 0.124 e. The summed E-state index contributed by atoms with van der Waals surface area (Å²) in [4.78, 5) is 0. The molecule has 16 heavy (non-hydrogen) atoms. The first-order valence-corrected chi connectivity index (χ1v) is 6.15. The molecule has 2 unspecified atom stereocenters. The monoisotopic (exact) mass is 288 g/mol. The quantitative estimate of drug-likeness (QED) is 0.906. The fourth-order valence-electron chi connectivity index (χ4n) is 2.01. The van der Waals surface area contributed by atoms with Crippen LogP contribution in [-0.4, -0.2) is 24.4 Å². The normalized spacial score (nSPS) is 25.7. The molecule has 1 aromatic carbocycles. The Morgan fingerprint density at radius 3 is 2.94 bits per heavy atom. The molecule has 1 aliphatic heterocycles. The third-order valence-corrected chi connectivity index (χ3v) is 3.31. The Balaban J connectivity index is 2.07. The Labute approximate surface area is 103 Å². The second-order valence-electron chi connectivity index (χ2n) is 4.17. The van der Waals surface area contributed by atoms with Gasteiger partial charge in [-0.2, -0.15) is 0 Å². The van der Waals surface area contributed by atoms with E-state index >= 15 is 0 Å². The van der Waals surface area contributed by atoms with Crippen LogP contribution in [0.15, 0.2) is 22.7 Å². The standard InChI is InChI=1S/C12H14BrFO2/c13-10-4-8(5-11(14)6-10)3-9-7-16-2-1-12(9)15/h4-6,9,12,15H,1-3,7H2. The van der Waals surface area contributed by atoms with Crippen LogP contribution < -0.4 is 0 Å². The molecule has 1 N–H and O–H groups in total. The molecule has 2 nitrogen and oxygen atoms in total. The summed E-state index contributed by atoms with van der Waals surface area (Å²) in [5.74, 6) is -0.182. The van der Waals surface area contributed by atoms with E-state index in [2.05, 4.69) is 15.9 Å². The van der Waals surface area contributed by atoms with E-state index in [-0.39, 0.29) is 17.8 Å². The van der Waals surface area contributed by atoms with Crippen molar-refractivity contribution in [3.63, 3.8) is 0 Å². The van der Waals surface area contributed by atoms with Gasteiger partial charge in [-0.05, 0) is 36.6 Å². The summed E-state index contributed by atoms with van der Waals surface area (Å²) >= 11 is 3.26. The van der Waals surface area contributed by atoms with E-state index < -0.39 is 0 Å². The van der Waals surface area contributed by atoms with Gasteiger partial charge in [0.2, 0.25) is 0 Å². The van der Waals surface area contributed by atoms with E-state index in [4.69, 9.17) is 4.74 Å². The number of halogens is 2. The lowest BCUT2D eigenvalue weighted by Gasteiger charge is -2.27. The van der Waals surface area contributed by atoms with Gasteiger partial charge >= 0.3 is 0 Å². The van der Waals surface area contributed by atoms with Crippen molar-refractivity contribution >= 4 is 15.9 Å². The molecule has 4 heteroatoms. The average molecular weight is 289 g/mol. The molecule has 2 atom stereocenters. The minimum absolute atomic E-state index is 0.0717. The summed E-state index contributed by atoms with van der Waals surface area (Å²) in [6.07, 6.45) is 0.981. The smallest absolute Gasteiger partial charge is 0.124 e. The molecule has 1 aliphatic rings. The van der Waals surface area contributed by atoms with Gasteiger partial charge < -0.3 is 9.84 Å². The van der Waals surface area contributed by atoms with Gasteiger partial charge in [0.1, 0.15) is 5.82 Å². The van der Waals surface area contributed by atoms with E-state index in [1.807, 2.05) is 6.07 Å². The van der Waals surface area contributed by atoms with Gasteiger partial charge in [0, 0.05) is 17.0 Å². The molecule has 0 saturated carbocycles. The van der Waals surface area contributed by atoms with Crippen LogP contribution in [0.5, 0.6) is 0 Å². The SMILES string of the molecule is OC1CCOCC1Cc1cc(F)cc(Br)c1. The highest BCUT2D eigenvalue weighted by Gasteiger charge is 2.23. The van der Waals surface area contributed by atoms with Crippen LogP contribution in [0.2, 0.25) is 0 Å². The van der Waals surface area contributed by atoms with Crippen LogP contribution in [-0.2, 0) is 11.2 Å². The zero-order valence-corrected chi connectivity index (χ0v) is 10.4. The van der Waals surface area contributed by atoms with Gasteiger partial charge in [-0.3, -0.25) is 0 Å². The predicted molar refractivity (Wildman–Crippen MR) is 62.7 cm³/mol. The summed E-state index contributed by atoms with van der Waals surface area (Å²) in [5.41, 5.74) is 0.890. The maximum absolute atomic E-state index is 13.2. The fraction of sp³-hybridized carbons (Fsp3) is 0.500. The second kappa shape index (κ2) is 5.25. The zero-order chi connectivity index (χ0) is 11.5. The van der Waals surface area contributed by atoms with Crippen LogP contribution in [0.4, 0.5) is 4.39 Å². The molecule has 1 saturated heterocycles. The number of rotatable bonds is 2. The van der Waals surface area contributed by atoms with Crippen molar-refractivity contribution in [1.82, 2.24) is 0 Å². The second-order valence-corrected chi connectivity index (χ2v) is 5.09. The predicted octanol–water partition coefficient (Wildman–Crippen LogP) is 2.53. The molecule has 0 bridgehead atoms. The van der Waals surface area contributed by atoms with Gasteiger partial charge in [-0.25, -0.2) is 4.39 Å². The Hall–Kier alpha value is -0.450. The third kappa shape index (κ3) is 3.03. The van der Waals surface area contributed by atoms with Crippen LogP contribution >= 0.6 is 15.9 Å². The molecule has 2 rings (SSSR count). The highest BCUT2D eigenvalue weighted by atomic mass is 79.9. The van der Waals surface area contributed by atoms with Crippen molar-refractivity contribution in [3.8, 4) is 0 Å². The van der Waals surface area contributed by atoms with Crippen LogP contribution in [0.25, 0.3) is 0 Å². The minimum atomic E-state index is -0.337. The lowest BCUT2D eigenvalue weighted by molar-refractivity contribution is -0.0350. The van der Waals surface area contributed by atoms with Crippen molar-refractivity contribution in [3.05, 3.63) is 34.1 Å². The number of hydrogen-bond donors (Lipinski definition) is 1. The Bertz CT molecular complexity index is 350. The molecule has 0 aliphatic carbocycles. The van der Waals surface area contributed by atoms with Crippen molar-refractivity contribution in [2.75, 3.05) is 13.2 Å². The van der Waals surface area contributed by atoms with E-state index in [1.54, 1.807) is 0 Å². The van der Waals surface area contributed by atoms with Gasteiger partial charge in [0.05, 0.1) is 12.7 Å². The Morgan fingerprint density at radius 1 is 1.44 bits per heavy atom. The van der Waals surface area contributed by atoms with Crippen molar-refractivity contribution < 1.29 is 14.2 Å². The van der Waals surface area contributed by atoms with Gasteiger partial charge in [0.15, 0.2) is 0 Å². The number of hydrogen-bond acceptors (Lipinski definition) is 2. The van der Waals surface area contributed by atoms with E-state index in [0.29, 0.717) is 26.1 Å². The highest BCUT2D eigenvalue weighted by molar-refractivity contribution is 9.10. The fourth-order valence-corrected chi connectivity index (χ4v) is 2.52. The molecule has 0 amide bonds. The molecule has 1 heterocycles. The Kier molecular flexibility index (Phi) is 3.95. The van der Waals surface area contributed by atoms with Crippen LogP contribution in [0, 0.1) is 11.7 Å². The molecule has 88 valence electrons. The lowest BCUT2D eigenvalue weighted by Crippen LogP contribution is -2.33. The molecule has 1 aromatic rings. The minimum Gasteiger partial charge on any atom is -0.393 e. The number of benzene rings is 1. The summed E-state index contributed by atoms with van der Waals surface area (Å²) in [6, 6.07) is 4.81. The highest BCUT2D eigenvalue weighted by Crippen LogP contribution is 2.22. The Morgan fingerprint density at radius 2 is 2.25 bits per heavy atom. The molecule has 0 spiro atoms. The molecule has 0 radical (unpaired) electrons. The molecular weight excluding hydrogens is 275 g/mol.